The molecule has 2 aromatic carbocycles. The molecule has 0 saturated heterocycles. The van der Waals surface area contributed by atoms with E-state index < -0.39 is 17.5 Å². The van der Waals surface area contributed by atoms with Crippen LogP contribution in [0, 0.1) is 17.5 Å². The molecule has 0 aliphatic heterocycles. The van der Waals surface area contributed by atoms with E-state index in [9.17, 15) is 18.3 Å². The third-order valence-electron chi connectivity index (χ3n) is 2.89. The SMILES string of the molecule is O/C(=C\c1nc2ccc(F)cc2[nH]1)c1cc(F)cc(F)c1. The van der Waals surface area contributed by atoms with Crippen LogP contribution >= 0.6 is 0 Å². The molecule has 0 amide bonds. The van der Waals surface area contributed by atoms with E-state index in [4.69, 9.17) is 0 Å². The van der Waals surface area contributed by atoms with E-state index >= 15 is 0 Å². The molecule has 0 atom stereocenters. The number of hydrogen-bond donors (Lipinski definition) is 2. The third kappa shape index (κ3) is 2.74. The zero-order valence-corrected chi connectivity index (χ0v) is 10.6. The van der Waals surface area contributed by atoms with Crippen molar-refractivity contribution in [2.24, 2.45) is 0 Å². The minimum absolute atomic E-state index is 0.0147. The molecule has 3 aromatic rings. The minimum Gasteiger partial charge on any atom is -0.507 e. The molecule has 2 N–H and O–H groups in total. The van der Waals surface area contributed by atoms with Crippen LogP contribution in [0.1, 0.15) is 11.4 Å². The molecule has 0 aliphatic carbocycles. The zero-order chi connectivity index (χ0) is 15.0. The van der Waals surface area contributed by atoms with Crippen LogP contribution in [0.2, 0.25) is 0 Å². The van der Waals surface area contributed by atoms with Gasteiger partial charge in [0.1, 0.15) is 29.0 Å². The number of H-pyrrole nitrogens is 1. The lowest BCUT2D eigenvalue weighted by Gasteiger charge is -2.00. The Morgan fingerprint density at radius 2 is 1.71 bits per heavy atom. The summed E-state index contributed by atoms with van der Waals surface area (Å²) in [4.78, 5) is 6.91. The van der Waals surface area contributed by atoms with Crippen molar-refractivity contribution in [3.63, 3.8) is 0 Å². The molecule has 0 unspecified atom stereocenters. The number of aromatic amines is 1. The first kappa shape index (κ1) is 13.2. The van der Waals surface area contributed by atoms with Gasteiger partial charge in [0.15, 0.2) is 0 Å². The van der Waals surface area contributed by atoms with Crippen molar-refractivity contribution in [1.29, 1.82) is 0 Å². The number of nitrogens with one attached hydrogen (secondary N) is 1. The Morgan fingerprint density at radius 1 is 1.00 bits per heavy atom. The first-order chi connectivity index (χ1) is 10.0. The normalized spacial score (nSPS) is 12.0. The predicted octanol–water partition coefficient (Wildman–Crippen LogP) is 4.04. The van der Waals surface area contributed by atoms with Crippen molar-refractivity contribution in [3.8, 4) is 0 Å². The summed E-state index contributed by atoms with van der Waals surface area (Å²) in [5, 5.41) is 9.90. The Balaban J connectivity index is 2.02. The molecule has 0 aliphatic rings. The van der Waals surface area contributed by atoms with Crippen molar-refractivity contribution < 1.29 is 18.3 Å². The highest BCUT2D eigenvalue weighted by Crippen LogP contribution is 2.19. The van der Waals surface area contributed by atoms with Gasteiger partial charge in [-0.25, -0.2) is 18.2 Å². The molecule has 3 nitrogen and oxygen atoms in total. The van der Waals surface area contributed by atoms with Crippen LogP contribution in [0.3, 0.4) is 0 Å². The summed E-state index contributed by atoms with van der Waals surface area (Å²) in [5.74, 6) is -2.11. The monoisotopic (exact) mass is 290 g/mol. The summed E-state index contributed by atoms with van der Waals surface area (Å²) in [5.41, 5.74) is 0.958. The molecule has 0 spiro atoms. The molecular formula is C15H9F3N2O. The lowest BCUT2D eigenvalue weighted by molar-refractivity contribution is 0.511. The molecule has 0 bridgehead atoms. The quantitative estimate of drug-likeness (QED) is 0.700. The van der Waals surface area contributed by atoms with Gasteiger partial charge in [-0.05, 0) is 30.3 Å². The van der Waals surface area contributed by atoms with Gasteiger partial charge in [0.2, 0.25) is 0 Å². The van der Waals surface area contributed by atoms with Crippen molar-refractivity contribution in [2.45, 2.75) is 0 Å². The van der Waals surface area contributed by atoms with Crippen LogP contribution in [0.5, 0.6) is 0 Å². The van der Waals surface area contributed by atoms with Gasteiger partial charge in [0, 0.05) is 17.7 Å². The largest absolute Gasteiger partial charge is 0.507 e. The summed E-state index contributed by atoms with van der Waals surface area (Å²) < 4.78 is 39.3. The lowest BCUT2D eigenvalue weighted by Crippen LogP contribution is -1.88. The zero-order valence-electron chi connectivity index (χ0n) is 10.6. The third-order valence-corrected chi connectivity index (χ3v) is 2.89. The number of aliphatic hydroxyl groups is 1. The van der Waals surface area contributed by atoms with Crippen molar-refractivity contribution in [1.82, 2.24) is 9.97 Å². The molecule has 0 fully saturated rings. The maximum atomic E-state index is 13.1. The fourth-order valence-corrected chi connectivity index (χ4v) is 1.98. The number of imidazole rings is 1. The van der Waals surface area contributed by atoms with Crippen LogP contribution in [0.25, 0.3) is 22.9 Å². The van der Waals surface area contributed by atoms with Gasteiger partial charge in [-0.15, -0.1) is 0 Å². The van der Waals surface area contributed by atoms with Crippen LogP contribution < -0.4 is 0 Å². The fraction of sp³-hybridized carbons (Fsp3) is 0. The maximum absolute atomic E-state index is 13.1. The highest BCUT2D eigenvalue weighted by molar-refractivity contribution is 5.80. The van der Waals surface area contributed by atoms with E-state index in [1.165, 1.54) is 24.3 Å². The van der Waals surface area contributed by atoms with Crippen molar-refractivity contribution in [3.05, 3.63) is 65.2 Å². The number of rotatable bonds is 2. The Labute approximate surface area is 117 Å². The van der Waals surface area contributed by atoms with Crippen molar-refractivity contribution >= 4 is 22.9 Å². The van der Waals surface area contributed by atoms with Crippen LogP contribution in [-0.4, -0.2) is 15.1 Å². The Bertz CT molecular complexity index is 835. The van der Waals surface area contributed by atoms with E-state index in [-0.39, 0.29) is 17.1 Å². The van der Waals surface area contributed by atoms with Crippen LogP contribution in [0.15, 0.2) is 36.4 Å². The van der Waals surface area contributed by atoms with Crippen LogP contribution in [0.4, 0.5) is 13.2 Å². The van der Waals surface area contributed by atoms with Gasteiger partial charge in [-0.1, -0.05) is 0 Å². The van der Waals surface area contributed by atoms with E-state index in [1.807, 2.05) is 0 Å². The number of fused-ring (bicyclic) bond motifs is 1. The van der Waals surface area contributed by atoms with Gasteiger partial charge in [-0.3, -0.25) is 0 Å². The number of aliphatic hydroxyl groups excluding tert-OH is 1. The maximum Gasteiger partial charge on any atom is 0.134 e. The molecule has 0 saturated carbocycles. The lowest BCUT2D eigenvalue weighted by atomic mass is 10.1. The summed E-state index contributed by atoms with van der Waals surface area (Å²) >= 11 is 0. The second kappa shape index (κ2) is 4.97. The van der Waals surface area contributed by atoms with Gasteiger partial charge < -0.3 is 10.1 Å². The van der Waals surface area contributed by atoms with Gasteiger partial charge in [0.25, 0.3) is 0 Å². The second-order valence-corrected chi connectivity index (χ2v) is 4.47. The molecule has 3 rings (SSSR count). The molecule has 6 heteroatoms. The van der Waals surface area contributed by atoms with E-state index in [2.05, 4.69) is 9.97 Å². The molecule has 1 heterocycles. The van der Waals surface area contributed by atoms with Gasteiger partial charge in [-0.2, -0.15) is 0 Å². The molecule has 21 heavy (non-hydrogen) atoms. The fourth-order valence-electron chi connectivity index (χ4n) is 1.98. The minimum atomic E-state index is -0.795. The number of hydrogen-bond acceptors (Lipinski definition) is 2. The topological polar surface area (TPSA) is 48.9 Å². The van der Waals surface area contributed by atoms with Crippen LogP contribution in [-0.2, 0) is 0 Å². The number of aromatic nitrogens is 2. The summed E-state index contributed by atoms with van der Waals surface area (Å²) in [7, 11) is 0. The van der Waals surface area contributed by atoms with E-state index in [0.717, 1.165) is 12.1 Å². The summed E-state index contributed by atoms with van der Waals surface area (Å²) in [6, 6.07) is 6.71. The number of benzene rings is 2. The highest BCUT2D eigenvalue weighted by Gasteiger charge is 2.07. The average Bonchev–Trinajstić information content (AvgIpc) is 2.78. The van der Waals surface area contributed by atoms with Crippen molar-refractivity contribution in [2.75, 3.05) is 0 Å². The summed E-state index contributed by atoms with van der Waals surface area (Å²) in [6.45, 7) is 0. The Morgan fingerprint density at radius 3 is 2.43 bits per heavy atom. The smallest absolute Gasteiger partial charge is 0.134 e. The number of nitrogens with zero attached hydrogens (tertiary/aromatic N) is 1. The highest BCUT2D eigenvalue weighted by atomic mass is 19.1. The summed E-state index contributed by atoms with van der Waals surface area (Å²) in [6.07, 6.45) is 1.21. The second-order valence-electron chi connectivity index (χ2n) is 4.47. The molecular weight excluding hydrogens is 281 g/mol. The number of halogens is 3. The van der Waals surface area contributed by atoms with Gasteiger partial charge >= 0.3 is 0 Å². The van der Waals surface area contributed by atoms with E-state index in [0.29, 0.717) is 17.1 Å². The average molecular weight is 290 g/mol. The van der Waals surface area contributed by atoms with Gasteiger partial charge in [0.05, 0.1) is 11.0 Å². The molecule has 106 valence electrons. The Hall–Kier alpha value is -2.76. The van der Waals surface area contributed by atoms with E-state index in [1.54, 1.807) is 0 Å². The Kier molecular flexibility index (Phi) is 3.13. The predicted molar refractivity (Wildman–Crippen MR) is 72.9 cm³/mol. The molecule has 0 radical (unpaired) electrons. The molecule has 1 aromatic heterocycles. The first-order valence-electron chi connectivity index (χ1n) is 6.04. The standard InChI is InChI=1S/C15H9F3N2O/c16-9-1-2-12-13(6-9)20-15(19-12)7-14(21)8-3-10(17)5-11(18)4-8/h1-7,21H,(H,19,20)/b14-7-. The first-order valence-corrected chi connectivity index (χ1v) is 6.04.